The van der Waals surface area contributed by atoms with Gasteiger partial charge in [-0.25, -0.2) is 9.78 Å². The van der Waals surface area contributed by atoms with Crippen LogP contribution in [0.4, 0.5) is 11.5 Å². The van der Waals surface area contributed by atoms with E-state index in [-0.39, 0.29) is 11.5 Å². The molecule has 144 valence electrons. The lowest BCUT2D eigenvalue weighted by Crippen LogP contribution is -2.49. The number of hydrogen-bond donors (Lipinski definition) is 1. The summed E-state index contributed by atoms with van der Waals surface area (Å²) in [4.78, 5) is 33.5. The normalized spacial score (nSPS) is 14.3. The summed E-state index contributed by atoms with van der Waals surface area (Å²) in [7, 11) is 0. The van der Waals surface area contributed by atoms with E-state index in [4.69, 9.17) is 4.42 Å². The number of nitrogens with one attached hydrogen (secondary N) is 1. The van der Waals surface area contributed by atoms with Gasteiger partial charge in [-0.1, -0.05) is 18.2 Å². The number of para-hydroxylation sites is 1. The Bertz CT molecular complexity index is 1050. The average molecular weight is 378 g/mol. The summed E-state index contributed by atoms with van der Waals surface area (Å²) in [5.41, 5.74) is 0.962. The third kappa shape index (κ3) is 3.43. The standard InChI is InChI=1S/C21H22N4O3/c1-2-22-17-7-5-9-23-19(17)24-10-12-25(13-11-24)20(26)16-14-15-6-3-4-8-18(15)28-21(16)27/h3-9,14,22H,2,10-13H2,1H3. The summed E-state index contributed by atoms with van der Waals surface area (Å²) in [6, 6.07) is 12.7. The van der Waals surface area contributed by atoms with E-state index in [2.05, 4.69) is 15.2 Å². The molecular formula is C21H22N4O3. The molecule has 0 aliphatic carbocycles. The first-order valence-corrected chi connectivity index (χ1v) is 9.43. The van der Waals surface area contributed by atoms with E-state index >= 15 is 0 Å². The van der Waals surface area contributed by atoms with E-state index in [1.54, 1.807) is 29.3 Å². The van der Waals surface area contributed by atoms with Crippen molar-refractivity contribution in [2.75, 3.05) is 42.9 Å². The lowest BCUT2D eigenvalue weighted by atomic mass is 10.1. The third-order valence-electron chi connectivity index (χ3n) is 4.89. The highest BCUT2D eigenvalue weighted by atomic mass is 16.4. The predicted molar refractivity (Wildman–Crippen MR) is 109 cm³/mol. The monoisotopic (exact) mass is 378 g/mol. The van der Waals surface area contributed by atoms with Gasteiger partial charge in [0.25, 0.3) is 5.91 Å². The third-order valence-corrected chi connectivity index (χ3v) is 4.89. The topological polar surface area (TPSA) is 78.7 Å². The van der Waals surface area contributed by atoms with Crippen molar-refractivity contribution in [1.82, 2.24) is 9.88 Å². The Hall–Kier alpha value is -3.35. The minimum absolute atomic E-state index is 0.0818. The molecule has 28 heavy (non-hydrogen) atoms. The zero-order chi connectivity index (χ0) is 19.5. The van der Waals surface area contributed by atoms with Crippen LogP contribution in [0.2, 0.25) is 0 Å². The number of nitrogens with zero attached hydrogens (tertiary/aromatic N) is 3. The van der Waals surface area contributed by atoms with Crippen molar-refractivity contribution in [3.05, 3.63) is 64.6 Å². The quantitative estimate of drug-likeness (QED) is 0.703. The van der Waals surface area contributed by atoms with Gasteiger partial charge in [0.05, 0.1) is 5.69 Å². The molecule has 1 aromatic carbocycles. The molecule has 0 bridgehead atoms. The van der Waals surface area contributed by atoms with Crippen LogP contribution in [0.3, 0.4) is 0 Å². The van der Waals surface area contributed by atoms with Gasteiger partial charge in [0.2, 0.25) is 0 Å². The highest BCUT2D eigenvalue weighted by Gasteiger charge is 2.26. The minimum atomic E-state index is -0.592. The number of pyridine rings is 1. The molecule has 1 saturated heterocycles. The summed E-state index contributed by atoms with van der Waals surface area (Å²) in [6.45, 7) is 5.21. The largest absolute Gasteiger partial charge is 0.422 e. The summed E-state index contributed by atoms with van der Waals surface area (Å²) >= 11 is 0. The summed E-state index contributed by atoms with van der Waals surface area (Å²) in [5.74, 6) is 0.605. The van der Waals surface area contributed by atoms with E-state index in [1.165, 1.54) is 0 Å². The molecule has 4 rings (SSSR count). The van der Waals surface area contributed by atoms with Crippen LogP contribution in [0.25, 0.3) is 11.0 Å². The first-order chi connectivity index (χ1) is 13.7. The first-order valence-electron chi connectivity index (χ1n) is 9.43. The number of fused-ring (bicyclic) bond motifs is 1. The Kier molecular flexibility index (Phi) is 4.97. The van der Waals surface area contributed by atoms with Crippen molar-refractivity contribution in [1.29, 1.82) is 0 Å². The molecule has 1 amide bonds. The lowest BCUT2D eigenvalue weighted by Gasteiger charge is -2.36. The molecule has 0 spiro atoms. The van der Waals surface area contributed by atoms with Crippen LogP contribution >= 0.6 is 0 Å². The number of aromatic nitrogens is 1. The van der Waals surface area contributed by atoms with Crippen molar-refractivity contribution in [3.63, 3.8) is 0 Å². The maximum Gasteiger partial charge on any atom is 0.349 e. The van der Waals surface area contributed by atoms with Crippen molar-refractivity contribution in [2.24, 2.45) is 0 Å². The van der Waals surface area contributed by atoms with Gasteiger partial charge in [-0.05, 0) is 31.2 Å². The number of benzene rings is 1. The van der Waals surface area contributed by atoms with E-state index in [1.807, 2.05) is 31.2 Å². The number of piperazine rings is 1. The van der Waals surface area contributed by atoms with Gasteiger partial charge in [-0.15, -0.1) is 0 Å². The zero-order valence-electron chi connectivity index (χ0n) is 15.7. The van der Waals surface area contributed by atoms with Gasteiger partial charge in [-0.2, -0.15) is 0 Å². The van der Waals surface area contributed by atoms with E-state index < -0.39 is 5.63 Å². The Balaban J connectivity index is 1.51. The summed E-state index contributed by atoms with van der Waals surface area (Å²) in [5, 5.41) is 4.06. The lowest BCUT2D eigenvalue weighted by molar-refractivity contribution is 0.0742. The molecule has 1 aliphatic heterocycles. The van der Waals surface area contributed by atoms with Crippen LogP contribution in [-0.2, 0) is 0 Å². The average Bonchev–Trinajstić information content (AvgIpc) is 2.73. The Morgan fingerprint density at radius 2 is 1.93 bits per heavy atom. The fourth-order valence-corrected chi connectivity index (χ4v) is 3.48. The van der Waals surface area contributed by atoms with E-state index in [0.717, 1.165) is 23.4 Å². The highest BCUT2D eigenvalue weighted by molar-refractivity contribution is 5.96. The number of carbonyl (C=O) groups is 1. The molecule has 3 aromatic rings. The van der Waals surface area contributed by atoms with Gasteiger partial charge in [0.1, 0.15) is 11.1 Å². The van der Waals surface area contributed by atoms with E-state index in [9.17, 15) is 9.59 Å². The van der Waals surface area contributed by atoms with Crippen molar-refractivity contribution in [3.8, 4) is 0 Å². The maximum absolute atomic E-state index is 12.9. The van der Waals surface area contributed by atoms with Gasteiger partial charge >= 0.3 is 5.63 Å². The van der Waals surface area contributed by atoms with Crippen LogP contribution < -0.4 is 15.8 Å². The van der Waals surface area contributed by atoms with Crippen LogP contribution in [0, 0.1) is 0 Å². The molecule has 0 atom stereocenters. The molecule has 0 unspecified atom stereocenters. The molecule has 2 aromatic heterocycles. The van der Waals surface area contributed by atoms with Crippen molar-refractivity contribution < 1.29 is 9.21 Å². The second-order valence-electron chi connectivity index (χ2n) is 6.67. The van der Waals surface area contributed by atoms with Crippen LogP contribution in [0.15, 0.2) is 57.9 Å². The van der Waals surface area contributed by atoms with Crippen LogP contribution in [0.1, 0.15) is 17.3 Å². The summed E-state index contributed by atoms with van der Waals surface area (Å²) in [6.07, 6.45) is 1.77. The van der Waals surface area contributed by atoms with Gasteiger partial charge in [-0.3, -0.25) is 4.79 Å². The summed E-state index contributed by atoms with van der Waals surface area (Å²) < 4.78 is 5.31. The SMILES string of the molecule is CCNc1cccnc1N1CCN(C(=O)c2cc3ccccc3oc2=O)CC1. The molecule has 7 heteroatoms. The molecule has 1 fully saturated rings. The fourth-order valence-electron chi connectivity index (χ4n) is 3.48. The number of amides is 1. The van der Waals surface area contributed by atoms with Gasteiger partial charge in [0, 0.05) is 44.3 Å². The second kappa shape index (κ2) is 7.72. The maximum atomic E-state index is 12.9. The smallest absolute Gasteiger partial charge is 0.349 e. The molecule has 7 nitrogen and oxygen atoms in total. The fraction of sp³-hybridized carbons (Fsp3) is 0.286. The molecule has 1 N–H and O–H groups in total. The minimum Gasteiger partial charge on any atom is -0.422 e. The number of hydrogen-bond acceptors (Lipinski definition) is 6. The van der Waals surface area contributed by atoms with Crippen molar-refractivity contribution in [2.45, 2.75) is 6.92 Å². The van der Waals surface area contributed by atoms with Crippen LogP contribution in [0.5, 0.6) is 0 Å². The molecule has 0 saturated carbocycles. The first kappa shape index (κ1) is 18.0. The van der Waals surface area contributed by atoms with Crippen LogP contribution in [-0.4, -0.2) is 48.5 Å². The zero-order valence-corrected chi connectivity index (χ0v) is 15.7. The van der Waals surface area contributed by atoms with Gasteiger partial charge < -0.3 is 19.5 Å². The second-order valence-corrected chi connectivity index (χ2v) is 6.67. The number of rotatable bonds is 4. The van der Waals surface area contributed by atoms with E-state index in [0.29, 0.717) is 31.8 Å². The Morgan fingerprint density at radius 3 is 2.71 bits per heavy atom. The number of carbonyl (C=O) groups excluding carboxylic acids is 1. The van der Waals surface area contributed by atoms with Crippen molar-refractivity contribution >= 4 is 28.4 Å². The predicted octanol–water partition coefficient (Wildman–Crippen LogP) is 2.58. The number of anilines is 2. The molecule has 3 heterocycles. The molecule has 1 aliphatic rings. The Labute approximate surface area is 162 Å². The highest BCUT2D eigenvalue weighted by Crippen LogP contribution is 2.24. The molecule has 0 radical (unpaired) electrons. The Morgan fingerprint density at radius 1 is 1.14 bits per heavy atom. The van der Waals surface area contributed by atoms with Gasteiger partial charge in [0.15, 0.2) is 5.82 Å². The molecular weight excluding hydrogens is 356 g/mol.